The molecule has 3 aromatic rings. The maximum absolute atomic E-state index is 13.4. The summed E-state index contributed by atoms with van der Waals surface area (Å²) in [6.45, 7) is 4.80. The largest absolute Gasteiger partial charge is 0.486 e. The number of thiophene rings is 1. The molecule has 2 heterocycles. The minimum Gasteiger partial charge on any atom is -0.486 e. The van der Waals surface area contributed by atoms with Gasteiger partial charge in [0, 0.05) is 17.5 Å². The van der Waals surface area contributed by atoms with Crippen LogP contribution in [0.15, 0.2) is 23.4 Å². The molecular weight excluding hydrogens is 527 g/mol. The molecule has 12 heteroatoms. The number of carbonyl (C=O) groups is 2. The van der Waals surface area contributed by atoms with Gasteiger partial charge in [0.05, 0.1) is 23.4 Å². The van der Waals surface area contributed by atoms with Gasteiger partial charge in [-0.15, -0.1) is 21.5 Å². The van der Waals surface area contributed by atoms with Gasteiger partial charge >= 0.3 is 5.97 Å². The smallest absolute Gasteiger partial charge is 0.341 e. The molecule has 1 aliphatic rings. The second kappa shape index (κ2) is 11.6. The summed E-state index contributed by atoms with van der Waals surface area (Å²) in [5, 5.41) is 12.3. The van der Waals surface area contributed by atoms with E-state index in [0.717, 1.165) is 29.7 Å². The summed E-state index contributed by atoms with van der Waals surface area (Å²) >= 11 is 8.50. The molecule has 0 spiro atoms. The lowest BCUT2D eigenvalue weighted by molar-refractivity contribution is -0.113. The number of fused-ring (bicyclic) bond motifs is 1. The number of nitrogens with zero attached hydrogens (tertiary/aromatic N) is 3. The van der Waals surface area contributed by atoms with Gasteiger partial charge in [0.2, 0.25) is 5.91 Å². The second-order valence-electron chi connectivity index (χ2n) is 8.39. The van der Waals surface area contributed by atoms with Crippen LogP contribution in [0.5, 0.6) is 5.75 Å². The topological polar surface area (TPSA) is 95.3 Å². The van der Waals surface area contributed by atoms with Gasteiger partial charge in [-0.3, -0.25) is 4.79 Å². The molecule has 0 bridgehead atoms. The average molecular weight is 553 g/mol. The number of thioether (sulfide) groups is 1. The molecule has 0 aliphatic heterocycles. The Labute approximate surface area is 221 Å². The summed E-state index contributed by atoms with van der Waals surface area (Å²) < 4.78 is 25.9. The van der Waals surface area contributed by atoms with Crippen LogP contribution in [-0.2, 0) is 35.5 Å². The van der Waals surface area contributed by atoms with E-state index in [2.05, 4.69) is 22.4 Å². The molecule has 1 aromatic carbocycles. The van der Waals surface area contributed by atoms with Crippen LogP contribution in [0, 0.1) is 11.7 Å². The van der Waals surface area contributed by atoms with E-state index in [0.29, 0.717) is 39.8 Å². The monoisotopic (exact) mass is 552 g/mol. The first-order valence-corrected chi connectivity index (χ1v) is 13.6. The average Bonchev–Trinajstić information content (AvgIpc) is 3.42. The number of nitrogens with one attached hydrogen (secondary N) is 1. The molecule has 1 amide bonds. The Balaban J connectivity index is 1.40. The standard InChI is InChI=1S/C24H26ClFN4O4S2/c1-4-30-19(11-34-14-6-8-17(26)16(25)10-14)28-29-24(30)35-12-20(31)27-22-21(23(32)33-3)15-7-5-13(2)9-18(15)36-22/h6,8,10,13H,4-5,7,9,11-12H2,1-3H3,(H,27,31). The summed E-state index contributed by atoms with van der Waals surface area (Å²) in [5.41, 5.74) is 1.46. The van der Waals surface area contributed by atoms with E-state index < -0.39 is 11.8 Å². The summed E-state index contributed by atoms with van der Waals surface area (Å²) in [5.74, 6) is 0.410. The number of amides is 1. The number of hydrogen-bond donors (Lipinski definition) is 1. The second-order valence-corrected chi connectivity index (χ2v) is 10.8. The molecule has 0 radical (unpaired) electrons. The fourth-order valence-electron chi connectivity index (χ4n) is 4.01. The highest BCUT2D eigenvalue weighted by Crippen LogP contribution is 2.40. The van der Waals surface area contributed by atoms with Gasteiger partial charge in [-0.1, -0.05) is 30.3 Å². The third kappa shape index (κ3) is 5.84. The Morgan fingerprint density at radius 2 is 2.17 bits per heavy atom. The van der Waals surface area contributed by atoms with Crippen molar-refractivity contribution in [2.24, 2.45) is 5.92 Å². The van der Waals surface area contributed by atoms with Gasteiger partial charge in [0.25, 0.3) is 0 Å². The maximum atomic E-state index is 13.4. The van der Waals surface area contributed by atoms with Gasteiger partial charge in [-0.2, -0.15) is 0 Å². The van der Waals surface area contributed by atoms with Crippen molar-refractivity contribution in [3.63, 3.8) is 0 Å². The van der Waals surface area contributed by atoms with Crippen LogP contribution in [0.1, 0.15) is 46.9 Å². The number of aromatic nitrogens is 3. The maximum Gasteiger partial charge on any atom is 0.341 e. The zero-order chi connectivity index (χ0) is 25.8. The summed E-state index contributed by atoms with van der Waals surface area (Å²) in [4.78, 5) is 26.4. The van der Waals surface area contributed by atoms with E-state index in [-0.39, 0.29) is 23.3 Å². The van der Waals surface area contributed by atoms with Crippen LogP contribution >= 0.6 is 34.7 Å². The van der Waals surface area contributed by atoms with Crippen LogP contribution < -0.4 is 10.1 Å². The number of benzene rings is 1. The van der Waals surface area contributed by atoms with Crippen LogP contribution in [0.2, 0.25) is 5.02 Å². The highest BCUT2D eigenvalue weighted by molar-refractivity contribution is 7.99. The molecule has 1 atom stereocenters. The van der Waals surface area contributed by atoms with E-state index in [1.807, 2.05) is 11.5 Å². The summed E-state index contributed by atoms with van der Waals surface area (Å²) in [6, 6.07) is 4.12. The number of esters is 1. The van der Waals surface area contributed by atoms with Crippen molar-refractivity contribution in [2.75, 3.05) is 18.2 Å². The van der Waals surface area contributed by atoms with Crippen molar-refractivity contribution in [1.82, 2.24) is 14.8 Å². The summed E-state index contributed by atoms with van der Waals surface area (Å²) in [6.07, 6.45) is 2.70. The zero-order valence-electron chi connectivity index (χ0n) is 20.1. The molecule has 36 heavy (non-hydrogen) atoms. The third-order valence-corrected chi connectivity index (χ3v) is 8.28. The number of methoxy groups -OCH3 is 1. The first-order chi connectivity index (χ1) is 17.3. The Hall–Kier alpha value is -2.63. The Kier molecular flexibility index (Phi) is 8.53. The van der Waals surface area contributed by atoms with Gasteiger partial charge in [-0.25, -0.2) is 9.18 Å². The first kappa shape index (κ1) is 26.4. The van der Waals surface area contributed by atoms with Crippen molar-refractivity contribution in [1.29, 1.82) is 0 Å². The molecule has 2 aromatic heterocycles. The number of anilines is 1. The van der Waals surface area contributed by atoms with Gasteiger partial charge in [0.15, 0.2) is 11.0 Å². The predicted molar refractivity (Wildman–Crippen MR) is 138 cm³/mol. The Morgan fingerprint density at radius 1 is 1.36 bits per heavy atom. The minimum atomic E-state index is -0.520. The minimum absolute atomic E-state index is 0.0248. The SMILES string of the molecule is CCn1c(COc2ccc(F)c(Cl)c2)nnc1SCC(=O)Nc1sc2c(c1C(=O)OC)CCC(C)C2. The lowest BCUT2D eigenvalue weighted by Crippen LogP contribution is -2.17. The highest BCUT2D eigenvalue weighted by Gasteiger charge is 2.29. The fourth-order valence-corrected chi connectivity index (χ4v) is 6.42. The lowest BCUT2D eigenvalue weighted by Gasteiger charge is -2.18. The van der Waals surface area contributed by atoms with Crippen molar-refractivity contribution < 1.29 is 23.5 Å². The molecule has 1 N–H and O–H groups in total. The molecule has 0 fully saturated rings. The normalized spacial score (nSPS) is 14.9. The third-order valence-electron chi connectivity index (χ3n) is 5.86. The number of carbonyl (C=O) groups excluding carboxylic acids is 2. The molecule has 1 aliphatic carbocycles. The van der Waals surface area contributed by atoms with E-state index in [1.165, 1.54) is 48.4 Å². The number of ether oxygens (including phenoxy) is 2. The van der Waals surface area contributed by atoms with Gasteiger partial charge in [-0.05, 0) is 49.8 Å². The summed E-state index contributed by atoms with van der Waals surface area (Å²) in [7, 11) is 1.35. The molecule has 192 valence electrons. The molecule has 8 nitrogen and oxygen atoms in total. The van der Waals surface area contributed by atoms with Crippen LogP contribution in [0.4, 0.5) is 9.39 Å². The van der Waals surface area contributed by atoms with Crippen molar-refractivity contribution in [2.45, 2.75) is 51.4 Å². The molecule has 0 saturated heterocycles. The van der Waals surface area contributed by atoms with E-state index in [1.54, 1.807) is 0 Å². The van der Waals surface area contributed by atoms with E-state index in [4.69, 9.17) is 21.1 Å². The van der Waals surface area contributed by atoms with Crippen LogP contribution in [0.25, 0.3) is 0 Å². The number of hydrogen-bond acceptors (Lipinski definition) is 8. The van der Waals surface area contributed by atoms with Crippen molar-refractivity contribution in [3.8, 4) is 5.75 Å². The zero-order valence-corrected chi connectivity index (χ0v) is 22.5. The van der Waals surface area contributed by atoms with Gasteiger partial charge < -0.3 is 19.4 Å². The highest BCUT2D eigenvalue weighted by atomic mass is 35.5. The predicted octanol–water partition coefficient (Wildman–Crippen LogP) is 5.37. The van der Waals surface area contributed by atoms with Crippen molar-refractivity contribution >= 4 is 51.6 Å². The Morgan fingerprint density at radius 3 is 2.89 bits per heavy atom. The van der Waals surface area contributed by atoms with Gasteiger partial charge in [0.1, 0.15) is 23.2 Å². The van der Waals surface area contributed by atoms with E-state index >= 15 is 0 Å². The van der Waals surface area contributed by atoms with Crippen molar-refractivity contribution in [3.05, 3.63) is 50.9 Å². The van der Waals surface area contributed by atoms with Crippen LogP contribution in [0.3, 0.4) is 0 Å². The fraction of sp³-hybridized carbons (Fsp3) is 0.417. The molecule has 0 saturated carbocycles. The molecule has 4 rings (SSSR count). The quantitative estimate of drug-likeness (QED) is 0.281. The number of halogens is 2. The molecule has 1 unspecified atom stereocenters. The number of rotatable bonds is 9. The lowest BCUT2D eigenvalue weighted by atomic mass is 9.88. The van der Waals surface area contributed by atoms with E-state index in [9.17, 15) is 14.0 Å². The van der Waals surface area contributed by atoms with Crippen LogP contribution in [-0.4, -0.2) is 39.5 Å². The Bertz CT molecular complexity index is 1280. The first-order valence-electron chi connectivity index (χ1n) is 11.5. The molecular formula is C24H26ClFN4O4S2.